The van der Waals surface area contributed by atoms with Gasteiger partial charge in [-0.3, -0.25) is 15.1 Å². The van der Waals surface area contributed by atoms with Gasteiger partial charge in [0.05, 0.1) is 12.6 Å². The molecular formula is C14H23N3O3. The number of hydrogen-bond acceptors (Lipinski definition) is 5. The average molecular weight is 281 g/mol. The standard InChI is InChI=1S/C14H23N3O3/c1-3-17(8-11-5-4-6-19-11)9-12-7-10(2)13(20-12)14(18)16-15/h7,11H,3-6,8-9,15H2,1-2H3,(H,16,18). The molecule has 2 heterocycles. The number of hydrogen-bond donors (Lipinski definition) is 2. The van der Waals surface area contributed by atoms with E-state index in [1.807, 2.05) is 13.0 Å². The number of carbonyl (C=O) groups is 1. The molecule has 1 aromatic rings. The summed E-state index contributed by atoms with van der Waals surface area (Å²) in [5, 5.41) is 0. The van der Waals surface area contributed by atoms with Crippen LogP contribution in [0, 0.1) is 6.92 Å². The van der Waals surface area contributed by atoms with E-state index in [0.29, 0.717) is 12.6 Å². The molecule has 0 aliphatic carbocycles. The van der Waals surface area contributed by atoms with Crippen LogP contribution in [0.15, 0.2) is 10.5 Å². The molecule has 0 saturated carbocycles. The number of likely N-dealkylation sites (N-methyl/N-ethyl adjacent to an activating group) is 1. The Morgan fingerprint density at radius 1 is 1.60 bits per heavy atom. The molecule has 1 fully saturated rings. The maximum Gasteiger partial charge on any atom is 0.301 e. The van der Waals surface area contributed by atoms with Crippen LogP contribution in [0.2, 0.25) is 0 Å². The van der Waals surface area contributed by atoms with Gasteiger partial charge < -0.3 is 9.15 Å². The molecule has 112 valence electrons. The fraction of sp³-hybridized carbons (Fsp3) is 0.643. The molecule has 0 radical (unpaired) electrons. The minimum atomic E-state index is -0.393. The Morgan fingerprint density at radius 3 is 3.00 bits per heavy atom. The second-order valence-electron chi connectivity index (χ2n) is 5.16. The second-order valence-corrected chi connectivity index (χ2v) is 5.16. The van der Waals surface area contributed by atoms with Gasteiger partial charge in [-0.15, -0.1) is 0 Å². The molecule has 1 aromatic heterocycles. The minimum Gasteiger partial charge on any atom is -0.454 e. The molecule has 1 atom stereocenters. The number of furan rings is 1. The van der Waals surface area contributed by atoms with Gasteiger partial charge in [0, 0.05) is 18.7 Å². The number of rotatable bonds is 6. The monoisotopic (exact) mass is 281 g/mol. The van der Waals surface area contributed by atoms with Crippen LogP contribution in [0.3, 0.4) is 0 Å². The third-order valence-corrected chi connectivity index (χ3v) is 3.62. The van der Waals surface area contributed by atoms with Gasteiger partial charge in [-0.1, -0.05) is 6.92 Å². The summed E-state index contributed by atoms with van der Waals surface area (Å²) in [6.07, 6.45) is 2.58. The lowest BCUT2D eigenvalue weighted by atomic mass is 10.2. The molecule has 3 N–H and O–H groups in total. The van der Waals surface area contributed by atoms with Crippen molar-refractivity contribution in [1.82, 2.24) is 10.3 Å². The number of nitrogen functional groups attached to an aromatic ring is 1. The summed E-state index contributed by atoms with van der Waals surface area (Å²) < 4.78 is 11.2. The van der Waals surface area contributed by atoms with Crippen molar-refractivity contribution in [3.8, 4) is 0 Å². The van der Waals surface area contributed by atoms with Crippen molar-refractivity contribution in [1.29, 1.82) is 0 Å². The lowest BCUT2D eigenvalue weighted by molar-refractivity contribution is 0.0698. The smallest absolute Gasteiger partial charge is 0.301 e. The van der Waals surface area contributed by atoms with E-state index in [1.54, 1.807) is 0 Å². The predicted molar refractivity (Wildman–Crippen MR) is 75.0 cm³/mol. The summed E-state index contributed by atoms with van der Waals surface area (Å²) in [5.41, 5.74) is 2.90. The molecule has 0 spiro atoms. The van der Waals surface area contributed by atoms with E-state index in [-0.39, 0.29) is 5.76 Å². The maximum absolute atomic E-state index is 11.5. The Morgan fingerprint density at radius 2 is 2.40 bits per heavy atom. The molecule has 1 unspecified atom stereocenters. The van der Waals surface area contributed by atoms with Crippen LogP contribution in [-0.2, 0) is 11.3 Å². The zero-order valence-corrected chi connectivity index (χ0v) is 12.1. The first kappa shape index (κ1) is 15.0. The summed E-state index contributed by atoms with van der Waals surface area (Å²) >= 11 is 0. The van der Waals surface area contributed by atoms with Gasteiger partial charge in [0.15, 0.2) is 5.76 Å². The van der Waals surface area contributed by atoms with E-state index < -0.39 is 5.91 Å². The van der Waals surface area contributed by atoms with Gasteiger partial charge in [-0.25, -0.2) is 5.84 Å². The van der Waals surface area contributed by atoms with Crippen molar-refractivity contribution in [3.63, 3.8) is 0 Å². The van der Waals surface area contributed by atoms with Crippen molar-refractivity contribution in [2.24, 2.45) is 5.84 Å². The number of hydrazine groups is 1. The molecule has 0 aromatic carbocycles. The molecule has 0 bridgehead atoms. The Bertz CT molecular complexity index is 453. The Labute approximate surface area is 119 Å². The molecule has 1 amide bonds. The average Bonchev–Trinajstić information content (AvgIpc) is 3.07. The van der Waals surface area contributed by atoms with Crippen molar-refractivity contribution >= 4 is 5.91 Å². The highest BCUT2D eigenvalue weighted by atomic mass is 16.5. The summed E-state index contributed by atoms with van der Waals surface area (Å²) in [5.74, 6) is 5.81. The number of aryl methyl sites for hydroxylation is 1. The highest BCUT2D eigenvalue weighted by molar-refractivity contribution is 5.92. The van der Waals surface area contributed by atoms with Gasteiger partial charge in [0.25, 0.3) is 0 Å². The molecule has 1 aliphatic heterocycles. The largest absolute Gasteiger partial charge is 0.454 e. The first-order valence-electron chi connectivity index (χ1n) is 7.08. The van der Waals surface area contributed by atoms with Crippen LogP contribution in [-0.4, -0.2) is 36.6 Å². The van der Waals surface area contributed by atoms with Crippen LogP contribution in [0.5, 0.6) is 0 Å². The first-order chi connectivity index (χ1) is 9.63. The van der Waals surface area contributed by atoms with Crippen LogP contribution in [0.1, 0.15) is 41.6 Å². The zero-order chi connectivity index (χ0) is 14.5. The number of nitrogens with two attached hydrogens (primary N) is 1. The molecule has 20 heavy (non-hydrogen) atoms. The highest BCUT2D eigenvalue weighted by Gasteiger charge is 2.20. The van der Waals surface area contributed by atoms with Crippen LogP contribution < -0.4 is 11.3 Å². The van der Waals surface area contributed by atoms with E-state index in [2.05, 4.69) is 17.2 Å². The van der Waals surface area contributed by atoms with Crippen molar-refractivity contribution in [2.45, 2.75) is 39.3 Å². The second kappa shape index (κ2) is 6.88. The Kier molecular flexibility index (Phi) is 5.17. The quantitative estimate of drug-likeness (QED) is 0.465. The summed E-state index contributed by atoms with van der Waals surface area (Å²) in [6, 6.07) is 1.89. The number of amides is 1. The summed E-state index contributed by atoms with van der Waals surface area (Å²) in [7, 11) is 0. The minimum absolute atomic E-state index is 0.288. The predicted octanol–water partition coefficient (Wildman–Crippen LogP) is 1.19. The molecular weight excluding hydrogens is 258 g/mol. The van der Waals surface area contributed by atoms with E-state index in [1.165, 1.54) is 0 Å². The molecule has 1 saturated heterocycles. The van der Waals surface area contributed by atoms with Gasteiger partial charge >= 0.3 is 5.91 Å². The maximum atomic E-state index is 11.5. The Balaban J connectivity index is 1.98. The lowest BCUT2D eigenvalue weighted by Crippen LogP contribution is -2.31. The number of nitrogens with zero attached hydrogens (tertiary/aromatic N) is 1. The third-order valence-electron chi connectivity index (χ3n) is 3.62. The lowest BCUT2D eigenvalue weighted by Gasteiger charge is -2.22. The molecule has 6 heteroatoms. The summed E-state index contributed by atoms with van der Waals surface area (Å²) in [4.78, 5) is 13.8. The Hall–Kier alpha value is -1.37. The highest BCUT2D eigenvalue weighted by Crippen LogP contribution is 2.18. The van der Waals surface area contributed by atoms with Crippen molar-refractivity contribution in [2.75, 3.05) is 19.7 Å². The van der Waals surface area contributed by atoms with Crippen LogP contribution >= 0.6 is 0 Å². The SMILES string of the molecule is CCN(Cc1cc(C)c(C(=O)NN)o1)CC1CCCO1. The van der Waals surface area contributed by atoms with E-state index in [4.69, 9.17) is 15.0 Å². The number of carbonyl (C=O) groups excluding carboxylic acids is 1. The topological polar surface area (TPSA) is 80.7 Å². The molecule has 2 rings (SSSR count). The summed E-state index contributed by atoms with van der Waals surface area (Å²) in [6.45, 7) is 7.30. The van der Waals surface area contributed by atoms with Crippen LogP contribution in [0.4, 0.5) is 0 Å². The molecule has 1 aliphatic rings. The fourth-order valence-electron chi connectivity index (χ4n) is 2.52. The van der Waals surface area contributed by atoms with Crippen molar-refractivity contribution < 1.29 is 13.9 Å². The number of ether oxygens (including phenoxy) is 1. The van der Waals surface area contributed by atoms with Gasteiger partial charge in [0.2, 0.25) is 0 Å². The van der Waals surface area contributed by atoms with Gasteiger partial charge in [0.1, 0.15) is 5.76 Å². The molecule has 6 nitrogen and oxygen atoms in total. The third kappa shape index (κ3) is 3.59. The fourth-order valence-corrected chi connectivity index (χ4v) is 2.52. The van der Waals surface area contributed by atoms with Gasteiger partial charge in [-0.05, 0) is 32.4 Å². The normalized spacial score (nSPS) is 18.7. The van der Waals surface area contributed by atoms with Gasteiger partial charge in [-0.2, -0.15) is 0 Å². The van der Waals surface area contributed by atoms with Crippen molar-refractivity contribution in [3.05, 3.63) is 23.2 Å². The van der Waals surface area contributed by atoms with E-state index >= 15 is 0 Å². The first-order valence-corrected chi connectivity index (χ1v) is 7.08. The zero-order valence-electron chi connectivity index (χ0n) is 12.1. The van der Waals surface area contributed by atoms with Crippen LogP contribution in [0.25, 0.3) is 0 Å². The number of nitrogens with one attached hydrogen (secondary N) is 1. The van der Waals surface area contributed by atoms with E-state index in [9.17, 15) is 4.79 Å². The van der Waals surface area contributed by atoms with E-state index in [0.717, 1.165) is 43.9 Å².